The lowest BCUT2D eigenvalue weighted by atomic mass is 9.79. The van der Waals surface area contributed by atoms with Crippen molar-refractivity contribution in [3.8, 4) is 0 Å². The maximum Gasteiger partial charge on any atom is 0.318 e. The van der Waals surface area contributed by atoms with E-state index in [2.05, 4.69) is 36.5 Å². The molecule has 0 spiro atoms. The number of hydrogen-bond donors (Lipinski definition) is 1. The van der Waals surface area contributed by atoms with E-state index in [1.165, 1.54) is 11.1 Å². The van der Waals surface area contributed by atoms with Crippen molar-refractivity contribution in [1.29, 1.82) is 0 Å². The summed E-state index contributed by atoms with van der Waals surface area (Å²) in [6, 6.07) is 8.59. The van der Waals surface area contributed by atoms with Crippen molar-refractivity contribution >= 4 is 12.0 Å². The Morgan fingerprint density at radius 1 is 1.14 bits per heavy atom. The van der Waals surface area contributed by atoms with E-state index in [9.17, 15) is 9.59 Å². The minimum atomic E-state index is -0.467. The van der Waals surface area contributed by atoms with Crippen molar-refractivity contribution in [2.24, 2.45) is 0 Å². The zero-order valence-electron chi connectivity index (χ0n) is 18.0. The third-order valence-corrected chi connectivity index (χ3v) is 6.41. The Bertz CT molecular complexity index is 697. The molecule has 0 unspecified atom stereocenters. The van der Waals surface area contributed by atoms with E-state index in [0.717, 1.165) is 64.3 Å². The summed E-state index contributed by atoms with van der Waals surface area (Å²) >= 11 is 0. The van der Waals surface area contributed by atoms with Gasteiger partial charge in [-0.2, -0.15) is 0 Å². The number of ether oxygens (including phenoxy) is 1. The molecule has 160 valence electrons. The minimum Gasteiger partial charge on any atom is -0.466 e. The summed E-state index contributed by atoms with van der Waals surface area (Å²) in [5.74, 6) is -0.208. The number of rotatable bonds is 5. The minimum absolute atomic E-state index is 0.0235. The van der Waals surface area contributed by atoms with E-state index < -0.39 is 5.54 Å². The Labute approximate surface area is 175 Å². The molecule has 5 heteroatoms. The Hall–Kier alpha value is -2.04. The molecular formula is C24H36N2O3. The number of aryl methyl sites for hydroxylation is 1. The predicted octanol–water partition coefficient (Wildman–Crippen LogP) is 5.28. The number of carbonyl (C=O) groups excluding carboxylic acids is 2. The monoisotopic (exact) mass is 400 g/mol. The molecule has 1 heterocycles. The number of likely N-dealkylation sites (tertiary alicyclic amines) is 1. The van der Waals surface area contributed by atoms with Gasteiger partial charge in [-0.1, -0.05) is 61.9 Å². The molecule has 0 aromatic heterocycles. The van der Waals surface area contributed by atoms with Crippen LogP contribution in [0.1, 0.15) is 88.3 Å². The molecule has 1 aromatic carbocycles. The summed E-state index contributed by atoms with van der Waals surface area (Å²) in [5.41, 5.74) is 1.97. The molecule has 1 aromatic rings. The molecule has 1 saturated carbocycles. The number of esters is 1. The molecule has 1 aliphatic heterocycles. The average Bonchev–Trinajstić information content (AvgIpc) is 2.95. The zero-order chi connectivity index (χ0) is 20.7. The van der Waals surface area contributed by atoms with Gasteiger partial charge in [0.15, 0.2) is 0 Å². The third kappa shape index (κ3) is 5.74. The molecule has 1 N–H and O–H groups in total. The highest BCUT2D eigenvalue weighted by atomic mass is 16.5. The van der Waals surface area contributed by atoms with E-state index >= 15 is 0 Å². The van der Waals surface area contributed by atoms with Gasteiger partial charge in [0.2, 0.25) is 0 Å². The molecule has 1 saturated heterocycles. The summed E-state index contributed by atoms with van der Waals surface area (Å²) in [4.78, 5) is 27.8. The fourth-order valence-electron chi connectivity index (χ4n) is 4.94. The normalized spacial score (nSPS) is 21.9. The van der Waals surface area contributed by atoms with Crippen LogP contribution in [0.3, 0.4) is 0 Å². The van der Waals surface area contributed by atoms with Gasteiger partial charge in [-0.05, 0) is 45.1 Å². The molecule has 2 aliphatic rings. The van der Waals surface area contributed by atoms with Gasteiger partial charge in [-0.25, -0.2) is 4.79 Å². The molecule has 2 amide bonds. The van der Waals surface area contributed by atoms with Gasteiger partial charge in [0, 0.05) is 6.54 Å². The summed E-state index contributed by atoms with van der Waals surface area (Å²) < 4.78 is 5.22. The van der Waals surface area contributed by atoms with E-state index in [-0.39, 0.29) is 24.5 Å². The van der Waals surface area contributed by atoms with Crippen molar-refractivity contribution in [1.82, 2.24) is 10.2 Å². The first-order valence-corrected chi connectivity index (χ1v) is 11.3. The van der Waals surface area contributed by atoms with Crippen LogP contribution in [0.4, 0.5) is 4.79 Å². The predicted molar refractivity (Wildman–Crippen MR) is 115 cm³/mol. The maximum absolute atomic E-state index is 13.5. The lowest BCUT2D eigenvalue weighted by Crippen LogP contribution is -2.55. The lowest BCUT2D eigenvalue weighted by molar-refractivity contribution is -0.145. The number of carbonyl (C=O) groups is 2. The summed E-state index contributed by atoms with van der Waals surface area (Å²) in [7, 11) is 0. The van der Waals surface area contributed by atoms with Gasteiger partial charge in [-0.3, -0.25) is 4.79 Å². The van der Waals surface area contributed by atoms with Crippen molar-refractivity contribution in [2.75, 3.05) is 13.2 Å². The fourth-order valence-corrected chi connectivity index (χ4v) is 4.94. The van der Waals surface area contributed by atoms with Crippen LogP contribution >= 0.6 is 0 Å². The van der Waals surface area contributed by atoms with Crippen LogP contribution in [0, 0.1) is 6.92 Å². The third-order valence-electron chi connectivity index (χ3n) is 6.41. The van der Waals surface area contributed by atoms with Crippen LogP contribution in [0.2, 0.25) is 0 Å². The van der Waals surface area contributed by atoms with E-state index in [4.69, 9.17) is 4.74 Å². The zero-order valence-corrected chi connectivity index (χ0v) is 18.0. The van der Waals surface area contributed by atoms with Gasteiger partial charge in [0.1, 0.15) is 0 Å². The van der Waals surface area contributed by atoms with Crippen LogP contribution in [0.5, 0.6) is 0 Å². The average molecular weight is 401 g/mol. The first kappa shape index (κ1) is 21.7. The number of nitrogens with one attached hydrogen (secondary N) is 1. The Morgan fingerprint density at radius 3 is 2.62 bits per heavy atom. The van der Waals surface area contributed by atoms with Crippen LogP contribution in [0.25, 0.3) is 0 Å². The second-order valence-electron chi connectivity index (χ2n) is 8.73. The number of nitrogens with zero attached hydrogens (tertiary/aromatic N) is 1. The van der Waals surface area contributed by atoms with Crippen molar-refractivity contribution in [3.63, 3.8) is 0 Å². The van der Waals surface area contributed by atoms with Crippen LogP contribution < -0.4 is 5.32 Å². The van der Waals surface area contributed by atoms with Gasteiger partial charge in [-0.15, -0.1) is 0 Å². The van der Waals surface area contributed by atoms with Gasteiger partial charge in [0.25, 0.3) is 0 Å². The van der Waals surface area contributed by atoms with Crippen molar-refractivity contribution in [2.45, 2.75) is 89.6 Å². The van der Waals surface area contributed by atoms with Crippen LogP contribution in [0.15, 0.2) is 24.3 Å². The molecule has 5 nitrogen and oxygen atoms in total. The second kappa shape index (κ2) is 10.1. The lowest BCUT2D eigenvalue weighted by Gasteiger charge is -2.40. The summed E-state index contributed by atoms with van der Waals surface area (Å²) in [5, 5.41) is 3.32. The number of hydrogen-bond acceptors (Lipinski definition) is 3. The summed E-state index contributed by atoms with van der Waals surface area (Å²) in [6.07, 6.45) is 9.52. The first-order chi connectivity index (χ1) is 14.0. The molecule has 29 heavy (non-hydrogen) atoms. The Kier molecular flexibility index (Phi) is 7.57. The molecule has 3 rings (SSSR count). The standard InChI is InChI=1S/C24H36N2O3/c1-3-29-22(27)18-24(14-7-5-8-15-24)25-23(28)26-16-9-4-6-13-21(26)20-12-10-11-19(2)17-20/h10-12,17,21H,3-9,13-16,18H2,1-2H3,(H,25,28)/t21-/m0/s1. The molecule has 1 atom stereocenters. The highest BCUT2D eigenvalue weighted by molar-refractivity contribution is 5.78. The SMILES string of the molecule is CCOC(=O)CC1(NC(=O)N2CCCCC[C@H]2c2cccc(C)c2)CCCCC1. The smallest absolute Gasteiger partial charge is 0.318 e. The Balaban J connectivity index is 1.79. The Morgan fingerprint density at radius 2 is 1.90 bits per heavy atom. The topological polar surface area (TPSA) is 58.6 Å². The highest BCUT2D eigenvalue weighted by Gasteiger charge is 2.38. The van der Waals surface area contributed by atoms with Crippen molar-refractivity contribution < 1.29 is 14.3 Å². The maximum atomic E-state index is 13.5. The van der Waals surface area contributed by atoms with Gasteiger partial charge < -0.3 is 15.0 Å². The van der Waals surface area contributed by atoms with Gasteiger partial charge >= 0.3 is 12.0 Å². The quantitative estimate of drug-likeness (QED) is 0.684. The van der Waals surface area contributed by atoms with E-state index in [1.54, 1.807) is 0 Å². The largest absolute Gasteiger partial charge is 0.466 e. The molecule has 1 aliphatic carbocycles. The summed E-state index contributed by atoms with van der Waals surface area (Å²) in [6.45, 7) is 5.07. The van der Waals surface area contributed by atoms with Crippen LogP contribution in [-0.2, 0) is 9.53 Å². The highest BCUT2D eigenvalue weighted by Crippen LogP contribution is 2.34. The fraction of sp³-hybridized carbons (Fsp3) is 0.667. The molecule has 0 radical (unpaired) electrons. The van der Waals surface area contributed by atoms with E-state index in [1.807, 2.05) is 11.8 Å². The van der Waals surface area contributed by atoms with Crippen LogP contribution in [-0.4, -0.2) is 35.6 Å². The number of amides is 2. The van der Waals surface area contributed by atoms with Gasteiger partial charge in [0.05, 0.1) is 24.6 Å². The number of urea groups is 1. The van der Waals surface area contributed by atoms with Crippen molar-refractivity contribution in [3.05, 3.63) is 35.4 Å². The van der Waals surface area contributed by atoms with E-state index in [0.29, 0.717) is 6.61 Å². The molecule has 2 fully saturated rings. The second-order valence-corrected chi connectivity index (χ2v) is 8.73. The first-order valence-electron chi connectivity index (χ1n) is 11.3. The number of benzene rings is 1. The molecule has 0 bridgehead atoms. The molecular weight excluding hydrogens is 364 g/mol.